The number of piperidine rings is 1. The van der Waals surface area contributed by atoms with Crippen LogP contribution in [0.5, 0.6) is 0 Å². The van der Waals surface area contributed by atoms with Crippen molar-refractivity contribution in [2.45, 2.75) is 19.3 Å². The molecule has 22 heavy (non-hydrogen) atoms. The maximum atomic E-state index is 5.07. The Morgan fingerprint density at radius 3 is 2.64 bits per heavy atom. The summed E-state index contributed by atoms with van der Waals surface area (Å²) in [6.07, 6.45) is 5.54. The minimum Gasteiger partial charge on any atom is -0.385 e. The van der Waals surface area contributed by atoms with Gasteiger partial charge in [0.25, 0.3) is 0 Å². The number of aliphatic imine (C=N–C) groups is 1. The first-order chi connectivity index (χ1) is 10.8. The number of rotatable bonds is 5. The lowest BCUT2D eigenvalue weighted by molar-refractivity contribution is 0.195. The molecule has 0 spiro atoms. The molecule has 0 saturated carbocycles. The maximum absolute atomic E-state index is 5.07. The van der Waals surface area contributed by atoms with E-state index in [-0.39, 0.29) is 0 Å². The van der Waals surface area contributed by atoms with E-state index in [1.165, 1.54) is 11.1 Å². The first-order valence-corrected chi connectivity index (χ1v) is 8.02. The molecule has 4 heteroatoms. The third kappa shape index (κ3) is 5.19. The highest BCUT2D eigenvalue weighted by Gasteiger charge is 2.16. The summed E-state index contributed by atoms with van der Waals surface area (Å²) in [6, 6.07) is 10.6. The lowest BCUT2D eigenvalue weighted by atomic mass is 10.0. The van der Waals surface area contributed by atoms with Gasteiger partial charge >= 0.3 is 0 Å². The van der Waals surface area contributed by atoms with E-state index in [0.717, 1.165) is 51.5 Å². The molecule has 1 saturated heterocycles. The average Bonchev–Trinajstić information content (AvgIpc) is 2.57. The fourth-order valence-corrected chi connectivity index (χ4v) is 2.68. The fraction of sp³-hybridized carbons (Fsp3) is 0.500. The number of likely N-dealkylation sites (tertiary alicyclic amines) is 1. The van der Waals surface area contributed by atoms with Gasteiger partial charge in [0.15, 0.2) is 5.96 Å². The van der Waals surface area contributed by atoms with Gasteiger partial charge in [0.05, 0.1) is 0 Å². The van der Waals surface area contributed by atoms with Gasteiger partial charge in [-0.25, -0.2) is 0 Å². The minimum absolute atomic E-state index is 0.786. The maximum Gasteiger partial charge on any atom is 0.193 e. The van der Waals surface area contributed by atoms with Crippen molar-refractivity contribution in [1.82, 2.24) is 10.2 Å². The number of hydrogen-bond acceptors (Lipinski definition) is 2. The molecule has 1 aliphatic rings. The summed E-state index contributed by atoms with van der Waals surface area (Å²) in [5.74, 6) is 1.01. The Bertz CT molecular complexity index is 486. The number of nitrogens with zero attached hydrogens (tertiary/aromatic N) is 2. The normalized spacial score (nSPS) is 15.8. The van der Waals surface area contributed by atoms with E-state index in [4.69, 9.17) is 4.74 Å². The van der Waals surface area contributed by atoms with Crippen LogP contribution >= 0.6 is 0 Å². The summed E-state index contributed by atoms with van der Waals surface area (Å²) < 4.78 is 5.07. The zero-order valence-electron chi connectivity index (χ0n) is 13.7. The Morgan fingerprint density at radius 1 is 1.27 bits per heavy atom. The highest BCUT2D eigenvalue weighted by Crippen LogP contribution is 2.19. The number of nitrogens with one attached hydrogen (secondary N) is 1. The van der Waals surface area contributed by atoms with E-state index < -0.39 is 0 Å². The standard InChI is InChI=1S/C18H27N3O/c1-19-18(20-11-6-14-22-2)21-12-9-17(10-13-21)15-16-7-4-3-5-8-16/h3-5,7-8,15H,6,9-14H2,1-2H3,(H,19,20). The van der Waals surface area contributed by atoms with E-state index >= 15 is 0 Å². The van der Waals surface area contributed by atoms with Gasteiger partial charge < -0.3 is 15.0 Å². The smallest absolute Gasteiger partial charge is 0.193 e. The predicted octanol–water partition coefficient (Wildman–Crippen LogP) is 2.78. The number of hydrogen-bond donors (Lipinski definition) is 1. The van der Waals surface area contributed by atoms with E-state index in [1.807, 2.05) is 7.05 Å². The van der Waals surface area contributed by atoms with Crippen LogP contribution in [0.15, 0.2) is 40.9 Å². The SMILES string of the molecule is CN=C(NCCCOC)N1CCC(=Cc2ccccc2)CC1. The van der Waals surface area contributed by atoms with Gasteiger partial charge in [-0.2, -0.15) is 0 Å². The van der Waals surface area contributed by atoms with Crippen molar-refractivity contribution in [1.29, 1.82) is 0 Å². The highest BCUT2D eigenvalue weighted by atomic mass is 16.5. The second-order valence-electron chi connectivity index (χ2n) is 5.52. The molecule has 0 radical (unpaired) electrons. The van der Waals surface area contributed by atoms with Crippen molar-refractivity contribution in [2.75, 3.05) is 40.4 Å². The summed E-state index contributed by atoms with van der Waals surface area (Å²) >= 11 is 0. The van der Waals surface area contributed by atoms with Crippen molar-refractivity contribution in [3.63, 3.8) is 0 Å². The van der Waals surface area contributed by atoms with Crippen LogP contribution in [0.25, 0.3) is 6.08 Å². The van der Waals surface area contributed by atoms with Crippen molar-refractivity contribution in [2.24, 2.45) is 4.99 Å². The molecule has 1 aliphatic heterocycles. The molecular formula is C18H27N3O. The molecular weight excluding hydrogens is 274 g/mol. The Hall–Kier alpha value is -1.81. The van der Waals surface area contributed by atoms with Gasteiger partial charge in [0, 0.05) is 40.4 Å². The number of methoxy groups -OCH3 is 1. The average molecular weight is 301 g/mol. The largest absolute Gasteiger partial charge is 0.385 e. The van der Waals surface area contributed by atoms with Gasteiger partial charge in [-0.1, -0.05) is 42.0 Å². The monoisotopic (exact) mass is 301 g/mol. The van der Waals surface area contributed by atoms with Gasteiger partial charge in [-0.15, -0.1) is 0 Å². The quantitative estimate of drug-likeness (QED) is 0.516. The molecule has 1 aromatic rings. The number of guanidine groups is 1. The van der Waals surface area contributed by atoms with Crippen LogP contribution in [-0.4, -0.2) is 51.3 Å². The lowest BCUT2D eigenvalue weighted by Crippen LogP contribution is -2.44. The molecule has 1 fully saturated rings. The minimum atomic E-state index is 0.786. The van der Waals surface area contributed by atoms with Crippen LogP contribution in [0.2, 0.25) is 0 Å². The third-order valence-electron chi connectivity index (χ3n) is 3.90. The summed E-state index contributed by atoms with van der Waals surface area (Å²) in [7, 11) is 3.59. The van der Waals surface area contributed by atoms with E-state index in [2.05, 4.69) is 51.6 Å². The predicted molar refractivity (Wildman–Crippen MR) is 93.1 cm³/mol. The summed E-state index contributed by atoms with van der Waals surface area (Å²) in [5, 5.41) is 3.41. The Labute approximate surface area is 133 Å². The second-order valence-corrected chi connectivity index (χ2v) is 5.52. The van der Waals surface area contributed by atoms with Gasteiger partial charge in [-0.3, -0.25) is 4.99 Å². The molecule has 1 N–H and O–H groups in total. The van der Waals surface area contributed by atoms with Crippen molar-refractivity contribution < 1.29 is 4.74 Å². The zero-order valence-corrected chi connectivity index (χ0v) is 13.7. The molecule has 0 aromatic heterocycles. The van der Waals surface area contributed by atoms with Gasteiger partial charge in [0.1, 0.15) is 0 Å². The molecule has 2 rings (SSSR count). The molecule has 0 atom stereocenters. The lowest BCUT2D eigenvalue weighted by Gasteiger charge is -2.31. The molecule has 0 bridgehead atoms. The van der Waals surface area contributed by atoms with E-state index in [9.17, 15) is 0 Å². The summed E-state index contributed by atoms with van der Waals surface area (Å²) in [5.41, 5.74) is 2.82. The summed E-state index contributed by atoms with van der Waals surface area (Å²) in [6.45, 7) is 3.75. The molecule has 0 unspecified atom stereocenters. The molecule has 1 heterocycles. The molecule has 120 valence electrons. The van der Waals surface area contributed by atoms with Crippen LogP contribution in [0.3, 0.4) is 0 Å². The number of ether oxygens (including phenoxy) is 1. The van der Waals surface area contributed by atoms with Crippen molar-refractivity contribution in [3.8, 4) is 0 Å². The molecule has 0 aliphatic carbocycles. The highest BCUT2D eigenvalue weighted by molar-refractivity contribution is 5.80. The first-order valence-electron chi connectivity index (χ1n) is 8.02. The van der Waals surface area contributed by atoms with Crippen LogP contribution in [-0.2, 0) is 4.74 Å². The molecule has 0 amide bonds. The Kier molecular flexibility index (Phi) is 6.97. The summed E-state index contributed by atoms with van der Waals surface area (Å²) in [4.78, 5) is 6.73. The zero-order chi connectivity index (χ0) is 15.6. The first kappa shape index (κ1) is 16.6. The molecule has 1 aromatic carbocycles. The van der Waals surface area contributed by atoms with Crippen LogP contribution < -0.4 is 5.32 Å². The Morgan fingerprint density at radius 2 is 2.00 bits per heavy atom. The fourth-order valence-electron chi connectivity index (χ4n) is 2.68. The van der Waals surface area contributed by atoms with Crippen molar-refractivity contribution in [3.05, 3.63) is 41.5 Å². The number of benzene rings is 1. The van der Waals surface area contributed by atoms with Crippen LogP contribution in [0.4, 0.5) is 0 Å². The van der Waals surface area contributed by atoms with Crippen LogP contribution in [0.1, 0.15) is 24.8 Å². The van der Waals surface area contributed by atoms with Crippen molar-refractivity contribution >= 4 is 12.0 Å². The van der Waals surface area contributed by atoms with Gasteiger partial charge in [-0.05, 0) is 24.8 Å². The van der Waals surface area contributed by atoms with E-state index in [0.29, 0.717) is 0 Å². The topological polar surface area (TPSA) is 36.9 Å². The van der Waals surface area contributed by atoms with E-state index in [1.54, 1.807) is 7.11 Å². The Balaban J connectivity index is 1.81. The second kappa shape index (κ2) is 9.26. The third-order valence-corrected chi connectivity index (χ3v) is 3.90. The molecule has 4 nitrogen and oxygen atoms in total. The van der Waals surface area contributed by atoms with Crippen LogP contribution in [0, 0.1) is 0 Å². The van der Waals surface area contributed by atoms with Gasteiger partial charge in [0.2, 0.25) is 0 Å².